The monoisotopic (exact) mass is 579 g/mol. The predicted octanol–water partition coefficient (Wildman–Crippen LogP) is 7.29. The normalized spacial score (nSPS) is 49.4. The lowest BCUT2D eigenvalue weighted by Gasteiger charge is -2.71. The zero-order valence-electron chi connectivity index (χ0n) is 26.9. The number of carbonyl (C=O) groups is 1. The molecule has 3 N–H and O–H groups in total. The van der Waals surface area contributed by atoms with E-state index in [2.05, 4.69) is 45.2 Å². The summed E-state index contributed by atoms with van der Waals surface area (Å²) in [6.07, 6.45) is 21.5. The SMILES string of the molecule is CC1C(C2=CCC(C(=O)O)CC2)=CC[C@@]2(C)C1CC[C@]1(C)C2CCC2C3CCCC3(NCCC3(O)COC3)CC[C@]21C. The summed E-state index contributed by atoms with van der Waals surface area (Å²) in [5, 5.41) is 24.2. The summed E-state index contributed by atoms with van der Waals surface area (Å²) in [6, 6.07) is 0. The molecular formula is C37H57NO4. The highest BCUT2D eigenvalue weighted by Gasteiger charge is 2.68. The topological polar surface area (TPSA) is 78.8 Å². The van der Waals surface area contributed by atoms with Gasteiger partial charge in [0.05, 0.1) is 19.1 Å². The van der Waals surface area contributed by atoms with Crippen LogP contribution in [0.15, 0.2) is 23.3 Å². The number of hydrogen-bond acceptors (Lipinski definition) is 4. The van der Waals surface area contributed by atoms with Crippen molar-refractivity contribution in [2.45, 2.75) is 129 Å². The van der Waals surface area contributed by atoms with Gasteiger partial charge in [-0.15, -0.1) is 0 Å². The Morgan fingerprint density at radius 2 is 1.76 bits per heavy atom. The molecule has 5 fully saturated rings. The molecule has 0 aromatic carbocycles. The zero-order valence-corrected chi connectivity index (χ0v) is 26.9. The number of rotatable bonds is 6. The van der Waals surface area contributed by atoms with Crippen molar-refractivity contribution in [3.63, 3.8) is 0 Å². The first-order valence-corrected chi connectivity index (χ1v) is 17.6. The van der Waals surface area contributed by atoms with E-state index in [1.807, 2.05) is 0 Å². The highest BCUT2D eigenvalue weighted by Crippen LogP contribution is 2.75. The molecule has 0 radical (unpaired) electrons. The van der Waals surface area contributed by atoms with Gasteiger partial charge in [0.2, 0.25) is 0 Å². The van der Waals surface area contributed by atoms with Crippen molar-refractivity contribution in [2.75, 3.05) is 19.8 Å². The van der Waals surface area contributed by atoms with Gasteiger partial charge in [0.1, 0.15) is 5.60 Å². The molecule has 0 spiro atoms. The molecule has 1 saturated heterocycles. The molecule has 42 heavy (non-hydrogen) atoms. The Morgan fingerprint density at radius 3 is 2.45 bits per heavy atom. The van der Waals surface area contributed by atoms with Crippen LogP contribution in [-0.2, 0) is 9.53 Å². The maximum Gasteiger partial charge on any atom is 0.306 e. The maximum absolute atomic E-state index is 11.5. The molecular weight excluding hydrogens is 522 g/mol. The van der Waals surface area contributed by atoms with Crippen LogP contribution in [0, 0.1) is 51.8 Å². The van der Waals surface area contributed by atoms with E-state index < -0.39 is 11.6 Å². The number of allylic oxidation sites excluding steroid dienone is 4. The molecule has 5 heteroatoms. The van der Waals surface area contributed by atoms with Crippen molar-refractivity contribution in [1.82, 2.24) is 5.32 Å². The van der Waals surface area contributed by atoms with Gasteiger partial charge in [0, 0.05) is 5.54 Å². The Balaban J connectivity index is 1.11. The van der Waals surface area contributed by atoms with Crippen LogP contribution in [0.5, 0.6) is 0 Å². The van der Waals surface area contributed by atoms with E-state index in [4.69, 9.17) is 4.74 Å². The van der Waals surface area contributed by atoms with Gasteiger partial charge in [-0.3, -0.25) is 4.79 Å². The third-order valence-corrected chi connectivity index (χ3v) is 15.5. The summed E-state index contributed by atoms with van der Waals surface area (Å²) in [5.74, 6) is 2.83. The van der Waals surface area contributed by atoms with Crippen molar-refractivity contribution in [3.05, 3.63) is 23.3 Å². The van der Waals surface area contributed by atoms with Crippen molar-refractivity contribution < 1.29 is 19.7 Å². The number of aliphatic carboxylic acids is 1. The molecule has 10 atom stereocenters. The first kappa shape index (κ1) is 29.5. The molecule has 0 bridgehead atoms. The number of carboxylic acids is 1. The van der Waals surface area contributed by atoms with Gasteiger partial charge < -0.3 is 20.3 Å². The number of hydrogen-bond donors (Lipinski definition) is 3. The van der Waals surface area contributed by atoms with Crippen molar-refractivity contribution >= 4 is 5.97 Å². The highest BCUT2D eigenvalue weighted by molar-refractivity contribution is 5.70. The van der Waals surface area contributed by atoms with Gasteiger partial charge in [0.15, 0.2) is 0 Å². The Kier molecular flexibility index (Phi) is 7.15. The van der Waals surface area contributed by atoms with Crippen LogP contribution < -0.4 is 5.32 Å². The number of nitrogens with one attached hydrogen (secondary N) is 1. The minimum Gasteiger partial charge on any atom is -0.481 e. The number of aliphatic hydroxyl groups is 1. The van der Waals surface area contributed by atoms with Crippen LogP contribution in [0.25, 0.3) is 0 Å². The molecule has 5 nitrogen and oxygen atoms in total. The summed E-state index contributed by atoms with van der Waals surface area (Å²) < 4.78 is 5.31. The minimum atomic E-state index is -0.630. The minimum absolute atomic E-state index is 0.196. The Morgan fingerprint density at radius 1 is 0.952 bits per heavy atom. The van der Waals surface area contributed by atoms with Crippen LogP contribution in [0.1, 0.15) is 118 Å². The summed E-state index contributed by atoms with van der Waals surface area (Å²) in [4.78, 5) is 11.5. The highest BCUT2D eigenvalue weighted by atomic mass is 16.5. The fourth-order valence-corrected chi connectivity index (χ4v) is 12.9. The van der Waals surface area contributed by atoms with E-state index in [0.29, 0.717) is 41.8 Å². The molecule has 7 aliphatic rings. The summed E-state index contributed by atoms with van der Waals surface area (Å²) in [6.45, 7) is 12.5. The molecule has 7 unspecified atom stereocenters. The Hall–Kier alpha value is -1.17. The fraction of sp³-hybridized carbons (Fsp3) is 0.865. The smallest absolute Gasteiger partial charge is 0.306 e. The van der Waals surface area contributed by atoms with Crippen molar-refractivity contribution in [3.8, 4) is 0 Å². The van der Waals surface area contributed by atoms with Gasteiger partial charge in [-0.25, -0.2) is 0 Å². The molecule has 7 rings (SSSR count). The van der Waals surface area contributed by atoms with Gasteiger partial charge in [-0.1, -0.05) is 46.3 Å². The van der Waals surface area contributed by atoms with Gasteiger partial charge in [-0.05, 0) is 147 Å². The van der Waals surface area contributed by atoms with E-state index >= 15 is 0 Å². The van der Waals surface area contributed by atoms with Crippen molar-refractivity contribution in [2.24, 2.45) is 51.8 Å². The quantitative estimate of drug-likeness (QED) is 0.308. The van der Waals surface area contributed by atoms with E-state index in [0.717, 1.165) is 49.5 Å². The van der Waals surface area contributed by atoms with Crippen LogP contribution >= 0.6 is 0 Å². The lowest BCUT2D eigenvalue weighted by molar-refractivity contribution is -0.213. The van der Waals surface area contributed by atoms with Crippen molar-refractivity contribution in [1.29, 1.82) is 0 Å². The molecule has 0 aromatic rings. The summed E-state index contributed by atoms with van der Waals surface area (Å²) in [7, 11) is 0. The Bertz CT molecular complexity index is 1160. The standard InChI is InChI=1S/C37H57NO4/c1-24-27(25-7-9-26(10-8-25)32(39)40)13-16-33(2)28(24)14-17-35(4)31(33)12-11-29-30-6-5-15-37(30,19-18-34(29,35)3)38-21-20-36(41)22-42-23-36/h7,13,24,26,28-31,38,41H,5-6,8-12,14-23H2,1-4H3,(H,39,40)/t24?,26?,28?,29?,30?,31?,33-,34+,35+,37?/m0/s1. The van der Waals surface area contributed by atoms with Crippen LogP contribution in [0.3, 0.4) is 0 Å². The maximum atomic E-state index is 11.5. The average Bonchev–Trinajstić information content (AvgIpc) is 3.37. The average molecular weight is 580 g/mol. The fourth-order valence-electron chi connectivity index (χ4n) is 12.9. The first-order valence-electron chi connectivity index (χ1n) is 17.6. The second kappa shape index (κ2) is 10.2. The lowest BCUT2D eigenvalue weighted by atomic mass is 9.34. The predicted molar refractivity (Wildman–Crippen MR) is 166 cm³/mol. The molecule has 0 aromatic heterocycles. The van der Waals surface area contributed by atoms with Crippen LogP contribution in [0.4, 0.5) is 0 Å². The number of fused-ring (bicyclic) bond motifs is 7. The zero-order chi connectivity index (χ0) is 29.5. The number of carboxylic acid groups (broad SMARTS) is 1. The second-order valence-electron chi connectivity index (χ2n) is 17.0. The molecule has 6 aliphatic carbocycles. The third-order valence-electron chi connectivity index (χ3n) is 15.5. The van der Waals surface area contributed by atoms with Gasteiger partial charge in [0.25, 0.3) is 0 Å². The first-order chi connectivity index (χ1) is 19.9. The van der Waals surface area contributed by atoms with Crippen LogP contribution in [-0.4, -0.2) is 47.1 Å². The van der Waals surface area contributed by atoms with E-state index in [1.54, 1.807) is 5.57 Å². The Labute approximate surface area is 254 Å². The number of ether oxygens (including phenoxy) is 1. The lowest BCUT2D eigenvalue weighted by Crippen LogP contribution is -2.67. The van der Waals surface area contributed by atoms with E-state index in [1.165, 1.54) is 69.8 Å². The van der Waals surface area contributed by atoms with E-state index in [9.17, 15) is 15.0 Å². The molecule has 234 valence electrons. The molecule has 1 aliphatic heterocycles. The van der Waals surface area contributed by atoms with Gasteiger partial charge in [-0.2, -0.15) is 0 Å². The largest absolute Gasteiger partial charge is 0.481 e. The molecule has 4 saturated carbocycles. The molecule has 0 amide bonds. The van der Waals surface area contributed by atoms with E-state index in [-0.39, 0.29) is 11.5 Å². The molecule has 1 heterocycles. The van der Waals surface area contributed by atoms with Crippen LogP contribution in [0.2, 0.25) is 0 Å². The van der Waals surface area contributed by atoms with Gasteiger partial charge >= 0.3 is 5.97 Å². The second-order valence-corrected chi connectivity index (χ2v) is 17.0. The summed E-state index contributed by atoms with van der Waals surface area (Å²) >= 11 is 0. The summed E-state index contributed by atoms with van der Waals surface area (Å²) in [5.41, 5.74) is 3.83. The third kappa shape index (κ3) is 4.21.